The van der Waals surface area contributed by atoms with Crippen molar-refractivity contribution < 1.29 is 5.11 Å². The Morgan fingerprint density at radius 2 is 2.07 bits per heavy atom. The smallest absolute Gasteiger partial charge is 0.0537 e. The second kappa shape index (κ2) is 5.34. The van der Waals surface area contributed by atoms with Gasteiger partial charge in [0.25, 0.3) is 0 Å². The van der Waals surface area contributed by atoms with Crippen LogP contribution in [-0.4, -0.2) is 11.2 Å². The molecule has 0 spiro atoms. The van der Waals surface area contributed by atoms with Gasteiger partial charge in [0.2, 0.25) is 0 Å². The zero-order valence-corrected chi connectivity index (χ0v) is 10.9. The third-order valence-corrected chi connectivity index (χ3v) is 4.67. The first kappa shape index (κ1) is 13.0. The molecule has 15 heavy (non-hydrogen) atoms. The summed E-state index contributed by atoms with van der Waals surface area (Å²) < 4.78 is 0. The van der Waals surface area contributed by atoms with Gasteiger partial charge < -0.3 is 5.11 Å². The van der Waals surface area contributed by atoms with Crippen molar-refractivity contribution in [2.24, 2.45) is 17.3 Å². The van der Waals surface area contributed by atoms with Gasteiger partial charge in [-0.05, 0) is 49.4 Å². The fourth-order valence-electron chi connectivity index (χ4n) is 2.90. The minimum absolute atomic E-state index is 0.0756. The summed E-state index contributed by atoms with van der Waals surface area (Å²) in [6.45, 7) is 9.26. The van der Waals surface area contributed by atoms with E-state index in [-0.39, 0.29) is 6.10 Å². The highest BCUT2D eigenvalue weighted by atomic mass is 16.3. The Morgan fingerprint density at radius 1 is 1.40 bits per heavy atom. The molecule has 1 aliphatic rings. The summed E-state index contributed by atoms with van der Waals surface area (Å²) in [7, 11) is 0. The Hall–Kier alpha value is -0.0400. The highest BCUT2D eigenvalue weighted by molar-refractivity contribution is 4.86. The van der Waals surface area contributed by atoms with Crippen molar-refractivity contribution in [1.29, 1.82) is 0 Å². The van der Waals surface area contributed by atoms with Crippen LogP contribution in [0.2, 0.25) is 0 Å². The molecular formula is C14H28O. The summed E-state index contributed by atoms with van der Waals surface area (Å²) in [6.07, 6.45) is 7.13. The van der Waals surface area contributed by atoms with Crippen molar-refractivity contribution in [2.45, 2.75) is 72.3 Å². The van der Waals surface area contributed by atoms with Crippen LogP contribution in [0, 0.1) is 17.3 Å². The van der Waals surface area contributed by atoms with Crippen LogP contribution in [0.4, 0.5) is 0 Å². The minimum atomic E-state index is -0.0756. The van der Waals surface area contributed by atoms with Gasteiger partial charge in [-0.2, -0.15) is 0 Å². The van der Waals surface area contributed by atoms with E-state index >= 15 is 0 Å². The fraction of sp³-hybridized carbons (Fsp3) is 1.00. The predicted molar refractivity (Wildman–Crippen MR) is 65.8 cm³/mol. The molecule has 0 bridgehead atoms. The van der Waals surface area contributed by atoms with E-state index in [1.165, 1.54) is 25.7 Å². The summed E-state index contributed by atoms with van der Waals surface area (Å²) >= 11 is 0. The molecule has 0 aromatic carbocycles. The quantitative estimate of drug-likeness (QED) is 0.747. The van der Waals surface area contributed by atoms with Crippen LogP contribution in [0.3, 0.4) is 0 Å². The molecule has 0 aromatic rings. The Morgan fingerprint density at radius 3 is 2.60 bits per heavy atom. The van der Waals surface area contributed by atoms with E-state index in [9.17, 15) is 5.11 Å². The van der Waals surface area contributed by atoms with Gasteiger partial charge in [-0.15, -0.1) is 0 Å². The second-order valence-electron chi connectivity index (χ2n) is 6.04. The predicted octanol–water partition coefficient (Wildman–Crippen LogP) is 4.00. The van der Waals surface area contributed by atoms with Gasteiger partial charge in [-0.1, -0.05) is 34.1 Å². The topological polar surface area (TPSA) is 20.2 Å². The lowest BCUT2D eigenvalue weighted by Gasteiger charge is -2.42. The van der Waals surface area contributed by atoms with Gasteiger partial charge in [0, 0.05) is 0 Å². The van der Waals surface area contributed by atoms with Crippen LogP contribution in [0.25, 0.3) is 0 Å². The van der Waals surface area contributed by atoms with Gasteiger partial charge in [0.15, 0.2) is 0 Å². The third kappa shape index (κ3) is 3.48. The molecule has 1 nitrogen and oxygen atoms in total. The maximum Gasteiger partial charge on any atom is 0.0537 e. The number of rotatable bonds is 4. The number of aliphatic hydroxyl groups excluding tert-OH is 1. The lowest BCUT2D eigenvalue weighted by molar-refractivity contribution is 0.0621. The molecule has 0 unspecified atom stereocenters. The van der Waals surface area contributed by atoms with Crippen LogP contribution in [0.15, 0.2) is 0 Å². The van der Waals surface area contributed by atoms with E-state index in [0.29, 0.717) is 5.41 Å². The second-order valence-corrected chi connectivity index (χ2v) is 6.04. The van der Waals surface area contributed by atoms with E-state index in [1.807, 2.05) is 0 Å². The lowest BCUT2D eigenvalue weighted by Crippen LogP contribution is -2.32. The van der Waals surface area contributed by atoms with E-state index < -0.39 is 0 Å². The first-order valence-corrected chi connectivity index (χ1v) is 6.66. The highest BCUT2D eigenvalue weighted by Gasteiger charge is 2.35. The van der Waals surface area contributed by atoms with Crippen LogP contribution in [0.1, 0.15) is 66.2 Å². The van der Waals surface area contributed by atoms with Crippen molar-refractivity contribution in [3.8, 4) is 0 Å². The summed E-state index contributed by atoms with van der Waals surface area (Å²) in [5, 5.41) is 9.64. The van der Waals surface area contributed by atoms with E-state index in [2.05, 4.69) is 27.7 Å². The first-order chi connectivity index (χ1) is 6.98. The highest BCUT2D eigenvalue weighted by Crippen LogP contribution is 2.46. The van der Waals surface area contributed by atoms with Crippen molar-refractivity contribution in [1.82, 2.24) is 0 Å². The molecule has 0 saturated heterocycles. The Balaban J connectivity index is 2.43. The molecule has 0 radical (unpaired) electrons. The summed E-state index contributed by atoms with van der Waals surface area (Å²) in [5.74, 6) is 1.73. The van der Waals surface area contributed by atoms with Gasteiger partial charge in [0.1, 0.15) is 0 Å². The zero-order chi connectivity index (χ0) is 11.5. The molecule has 0 aromatic heterocycles. The zero-order valence-electron chi connectivity index (χ0n) is 10.9. The van der Waals surface area contributed by atoms with Gasteiger partial charge in [-0.3, -0.25) is 0 Å². The molecule has 0 amide bonds. The summed E-state index contributed by atoms with van der Waals surface area (Å²) in [6, 6.07) is 0. The molecule has 1 aliphatic carbocycles. The van der Waals surface area contributed by atoms with Crippen molar-refractivity contribution >= 4 is 0 Å². The minimum Gasteiger partial charge on any atom is -0.393 e. The van der Waals surface area contributed by atoms with Crippen LogP contribution >= 0.6 is 0 Å². The van der Waals surface area contributed by atoms with Gasteiger partial charge in [0.05, 0.1) is 6.10 Å². The maximum absolute atomic E-state index is 9.64. The Bertz CT molecular complexity index is 190. The monoisotopic (exact) mass is 212 g/mol. The average molecular weight is 212 g/mol. The average Bonchev–Trinajstić information content (AvgIpc) is 2.21. The molecule has 0 heterocycles. The Labute approximate surface area is 95.3 Å². The Kier molecular flexibility index (Phi) is 4.64. The molecule has 1 heteroatoms. The first-order valence-electron chi connectivity index (χ1n) is 6.66. The fourth-order valence-corrected chi connectivity index (χ4v) is 2.90. The standard InChI is InChI=1S/C14H28O/c1-5-13(15)7-9-14(4)8-6-11(2)10-12(14)3/h11-13,15H,5-10H2,1-4H3/t11-,12+,13+,14+/m1/s1. The van der Waals surface area contributed by atoms with Crippen molar-refractivity contribution in [3.05, 3.63) is 0 Å². The molecule has 0 aliphatic heterocycles. The van der Waals surface area contributed by atoms with Gasteiger partial charge >= 0.3 is 0 Å². The van der Waals surface area contributed by atoms with E-state index in [0.717, 1.165) is 24.7 Å². The largest absolute Gasteiger partial charge is 0.393 e. The summed E-state index contributed by atoms with van der Waals surface area (Å²) in [5.41, 5.74) is 0.489. The van der Waals surface area contributed by atoms with Crippen molar-refractivity contribution in [2.75, 3.05) is 0 Å². The SMILES string of the molecule is CC[C@H](O)CC[C@]1(C)CC[C@@H](C)C[C@@H]1C. The van der Waals surface area contributed by atoms with Crippen LogP contribution < -0.4 is 0 Å². The molecule has 90 valence electrons. The number of hydrogen-bond acceptors (Lipinski definition) is 1. The molecule has 1 fully saturated rings. The van der Waals surface area contributed by atoms with Crippen LogP contribution in [-0.2, 0) is 0 Å². The maximum atomic E-state index is 9.64. The number of hydrogen-bond donors (Lipinski definition) is 1. The molecule has 1 saturated carbocycles. The third-order valence-electron chi connectivity index (χ3n) is 4.67. The normalized spacial score (nSPS) is 39.0. The van der Waals surface area contributed by atoms with Crippen molar-refractivity contribution in [3.63, 3.8) is 0 Å². The van der Waals surface area contributed by atoms with Gasteiger partial charge in [-0.25, -0.2) is 0 Å². The molecule has 1 N–H and O–H groups in total. The molecular weight excluding hydrogens is 184 g/mol. The lowest BCUT2D eigenvalue weighted by atomic mass is 9.63. The van der Waals surface area contributed by atoms with Crippen LogP contribution in [0.5, 0.6) is 0 Å². The van der Waals surface area contributed by atoms with E-state index in [4.69, 9.17) is 0 Å². The van der Waals surface area contributed by atoms with E-state index in [1.54, 1.807) is 0 Å². The molecule has 4 atom stereocenters. The molecule has 1 rings (SSSR count). The number of aliphatic hydroxyl groups is 1. The summed E-state index contributed by atoms with van der Waals surface area (Å²) in [4.78, 5) is 0.